The minimum Gasteiger partial charge on any atom is -0.376 e. The third-order valence-corrected chi connectivity index (χ3v) is 5.87. The summed E-state index contributed by atoms with van der Waals surface area (Å²) in [6, 6.07) is 11.1. The predicted molar refractivity (Wildman–Crippen MR) is 104 cm³/mol. The molecule has 0 unspecified atom stereocenters. The third kappa shape index (κ3) is 4.30. The van der Waals surface area contributed by atoms with Gasteiger partial charge in [-0.15, -0.1) is 5.10 Å². The Morgan fingerprint density at radius 2 is 2.04 bits per heavy atom. The largest absolute Gasteiger partial charge is 0.376 e. The van der Waals surface area contributed by atoms with E-state index < -0.39 is 0 Å². The SMILES string of the molecule is CCC[C@H](c1nnnn1C[C@@H]1CCCO1)[NH+]1CCN(c2ccccc2)CC1. The monoisotopic (exact) mass is 371 g/mol. The maximum absolute atomic E-state index is 5.80. The number of tetrazole rings is 1. The number of hydrogen-bond acceptors (Lipinski definition) is 5. The highest BCUT2D eigenvalue weighted by atomic mass is 16.5. The Morgan fingerprint density at radius 1 is 1.22 bits per heavy atom. The molecule has 2 fully saturated rings. The molecule has 0 bridgehead atoms. The summed E-state index contributed by atoms with van der Waals surface area (Å²) in [6.07, 6.45) is 4.78. The second kappa shape index (κ2) is 8.80. The van der Waals surface area contributed by atoms with Crippen LogP contribution in [0, 0.1) is 0 Å². The van der Waals surface area contributed by atoms with Crippen molar-refractivity contribution in [2.75, 3.05) is 37.7 Å². The molecule has 2 aromatic rings. The number of aromatic nitrogens is 4. The molecule has 2 aliphatic rings. The summed E-state index contributed by atoms with van der Waals surface area (Å²) in [7, 11) is 0. The van der Waals surface area contributed by atoms with Crippen LogP contribution < -0.4 is 9.80 Å². The Kier molecular flexibility index (Phi) is 5.99. The summed E-state index contributed by atoms with van der Waals surface area (Å²) >= 11 is 0. The Labute approximate surface area is 161 Å². The van der Waals surface area contributed by atoms with Gasteiger partial charge in [-0.3, -0.25) is 0 Å². The molecule has 3 heterocycles. The Morgan fingerprint density at radius 3 is 2.74 bits per heavy atom. The summed E-state index contributed by atoms with van der Waals surface area (Å²) in [5.41, 5.74) is 1.33. The van der Waals surface area contributed by atoms with E-state index in [1.54, 1.807) is 4.90 Å². The first kappa shape index (κ1) is 18.4. The fourth-order valence-electron chi connectivity index (χ4n) is 4.42. The zero-order valence-electron chi connectivity index (χ0n) is 16.3. The second-order valence-electron chi connectivity index (χ2n) is 7.68. The fourth-order valence-corrected chi connectivity index (χ4v) is 4.42. The average molecular weight is 372 g/mol. The molecular formula is C20H31N6O+. The van der Waals surface area contributed by atoms with Crippen molar-refractivity contribution in [1.82, 2.24) is 20.2 Å². The number of hydrogen-bond donors (Lipinski definition) is 1. The minimum absolute atomic E-state index is 0.263. The number of para-hydroxylation sites is 1. The lowest BCUT2D eigenvalue weighted by atomic mass is 10.1. The molecule has 0 saturated carbocycles. The van der Waals surface area contributed by atoms with E-state index in [1.807, 2.05) is 4.68 Å². The minimum atomic E-state index is 0.263. The first-order valence-electron chi connectivity index (χ1n) is 10.4. The van der Waals surface area contributed by atoms with Crippen molar-refractivity contribution >= 4 is 5.69 Å². The van der Waals surface area contributed by atoms with Crippen LogP contribution in [0.1, 0.15) is 44.5 Å². The van der Waals surface area contributed by atoms with Crippen LogP contribution in [-0.2, 0) is 11.3 Å². The average Bonchev–Trinajstić information content (AvgIpc) is 3.40. The summed E-state index contributed by atoms with van der Waals surface area (Å²) in [5.74, 6) is 1.04. The fraction of sp³-hybridized carbons (Fsp3) is 0.650. The van der Waals surface area contributed by atoms with E-state index in [0.717, 1.165) is 70.8 Å². The summed E-state index contributed by atoms with van der Waals surface area (Å²) in [5, 5.41) is 12.7. The molecule has 7 nitrogen and oxygen atoms in total. The van der Waals surface area contributed by atoms with Gasteiger partial charge in [0, 0.05) is 18.7 Å². The lowest BCUT2D eigenvalue weighted by Gasteiger charge is -2.37. The summed E-state index contributed by atoms with van der Waals surface area (Å²) < 4.78 is 7.81. The third-order valence-electron chi connectivity index (χ3n) is 5.87. The number of rotatable bonds is 7. The van der Waals surface area contributed by atoms with Crippen LogP contribution in [0.15, 0.2) is 30.3 Å². The lowest BCUT2D eigenvalue weighted by Crippen LogP contribution is -3.15. The Hall–Kier alpha value is -1.99. The van der Waals surface area contributed by atoms with E-state index in [0.29, 0.717) is 6.04 Å². The zero-order valence-corrected chi connectivity index (χ0v) is 16.3. The Bertz CT molecular complexity index is 692. The molecule has 1 aromatic heterocycles. The molecule has 4 rings (SSSR count). The number of nitrogens with zero attached hydrogens (tertiary/aromatic N) is 5. The zero-order chi connectivity index (χ0) is 18.5. The van der Waals surface area contributed by atoms with E-state index in [2.05, 4.69) is 57.7 Å². The van der Waals surface area contributed by atoms with Gasteiger partial charge in [0.25, 0.3) is 0 Å². The van der Waals surface area contributed by atoms with Gasteiger partial charge in [-0.05, 0) is 35.4 Å². The molecule has 146 valence electrons. The number of anilines is 1. The standard InChI is InChI=1S/C20H30N6O/c1-2-7-19(20-21-22-23-26(20)16-18-10-6-15-27-18)25-13-11-24(12-14-25)17-8-4-3-5-9-17/h3-5,8-9,18-19H,2,6-7,10-16H2,1H3/p+1/t18-,19+/m0/s1. The van der Waals surface area contributed by atoms with Gasteiger partial charge < -0.3 is 14.5 Å². The van der Waals surface area contributed by atoms with Gasteiger partial charge in [0.15, 0.2) is 0 Å². The molecule has 0 aliphatic carbocycles. The molecule has 0 radical (unpaired) electrons. The van der Waals surface area contributed by atoms with Gasteiger partial charge in [0.2, 0.25) is 5.82 Å². The van der Waals surface area contributed by atoms with E-state index in [1.165, 1.54) is 5.69 Å². The van der Waals surface area contributed by atoms with Gasteiger partial charge in [0.05, 0.1) is 38.8 Å². The van der Waals surface area contributed by atoms with Crippen molar-refractivity contribution in [2.24, 2.45) is 0 Å². The maximum atomic E-state index is 5.80. The predicted octanol–water partition coefficient (Wildman–Crippen LogP) is 1.10. The number of piperazine rings is 1. The molecule has 27 heavy (non-hydrogen) atoms. The molecule has 7 heteroatoms. The van der Waals surface area contributed by atoms with Crippen LogP contribution in [0.4, 0.5) is 5.69 Å². The first-order valence-corrected chi connectivity index (χ1v) is 10.4. The van der Waals surface area contributed by atoms with Crippen LogP contribution >= 0.6 is 0 Å². The van der Waals surface area contributed by atoms with Crippen molar-refractivity contribution in [3.05, 3.63) is 36.2 Å². The smallest absolute Gasteiger partial charge is 0.209 e. The molecule has 2 atom stereocenters. The van der Waals surface area contributed by atoms with Crippen molar-refractivity contribution in [2.45, 2.75) is 51.3 Å². The van der Waals surface area contributed by atoms with Crippen molar-refractivity contribution in [1.29, 1.82) is 0 Å². The van der Waals surface area contributed by atoms with Crippen molar-refractivity contribution < 1.29 is 9.64 Å². The maximum Gasteiger partial charge on any atom is 0.209 e. The molecule has 2 saturated heterocycles. The van der Waals surface area contributed by atoms with Gasteiger partial charge in [0.1, 0.15) is 6.04 Å². The molecular weight excluding hydrogens is 340 g/mol. The van der Waals surface area contributed by atoms with E-state index in [4.69, 9.17) is 4.74 Å². The quantitative estimate of drug-likeness (QED) is 0.790. The topological polar surface area (TPSA) is 60.5 Å². The van der Waals surface area contributed by atoms with Gasteiger partial charge >= 0.3 is 0 Å². The number of benzene rings is 1. The normalized spacial score (nSPS) is 22.3. The van der Waals surface area contributed by atoms with E-state index in [9.17, 15) is 0 Å². The van der Waals surface area contributed by atoms with Gasteiger partial charge in [-0.1, -0.05) is 31.5 Å². The number of ether oxygens (including phenoxy) is 1. The lowest BCUT2D eigenvalue weighted by molar-refractivity contribution is -0.933. The number of quaternary nitrogens is 1. The molecule has 0 spiro atoms. The molecule has 0 amide bonds. The van der Waals surface area contributed by atoms with Crippen LogP contribution in [0.2, 0.25) is 0 Å². The summed E-state index contributed by atoms with van der Waals surface area (Å²) in [4.78, 5) is 4.09. The molecule has 2 aliphatic heterocycles. The van der Waals surface area contributed by atoms with E-state index in [-0.39, 0.29) is 6.10 Å². The van der Waals surface area contributed by atoms with Crippen molar-refractivity contribution in [3.8, 4) is 0 Å². The van der Waals surface area contributed by atoms with Gasteiger partial charge in [-0.2, -0.15) is 0 Å². The van der Waals surface area contributed by atoms with E-state index >= 15 is 0 Å². The van der Waals surface area contributed by atoms with Crippen LogP contribution in [0.5, 0.6) is 0 Å². The Balaban J connectivity index is 1.43. The highest BCUT2D eigenvalue weighted by Gasteiger charge is 2.33. The van der Waals surface area contributed by atoms with Crippen LogP contribution in [-0.4, -0.2) is 59.1 Å². The summed E-state index contributed by atoms with van der Waals surface area (Å²) in [6.45, 7) is 8.29. The van der Waals surface area contributed by atoms with Gasteiger partial charge in [-0.25, -0.2) is 4.68 Å². The second-order valence-corrected chi connectivity index (χ2v) is 7.68. The van der Waals surface area contributed by atoms with Crippen LogP contribution in [0.3, 0.4) is 0 Å². The highest BCUT2D eigenvalue weighted by molar-refractivity contribution is 5.46. The number of nitrogens with one attached hydrogen (secondary N) is 1. The first-order chi connectivity index (χ1) is 13.3. The van der Waals surface area contributed by atoms with Crippen molar-refractivity contribution in [3.63, 3.8) is 0 Å². The highest BCUT2D eigenvalue weighted by Crippen LogP contribution is 2.18. The van der Waals surface area contributed by atoms with Crippen LogP contribution in [0.25, 0.3) is 0 Å². The molecule has 1 N–H and O–H groups in total. The molecule has 1 aromatic carbocycles.